The fourth-order valence-electron chi connectivity index (χ4n) is 7.24. The van der Waals surface area contributed by atoms with Crippen LogP contribution in [0, 0.1) is 40.4 Å². The maximum absolute atomic E-state index is 12.4. The summed E-state index contributed by atoms with van der Waals surface area (Å²) in [5.74, 6) is 5.03. The minimum Gasteiger partial charge on any atom is -0.299 e. The Morgan fingerprint density at radius 2 is 1.76 bits per heavy atom. The van der Waals surface area contributed by atoms with Gasteiger partial charge < -0.3 is 0 Å². The normalized spacial score (nSPS) is 56.5. The molecule has 4 saturated carbocycles. The molecule has 0 heterocycles. The zero-order chi connectivity index (χ0) is 14.8. The molecule has 0 saturated heterocycles. The van der Waals surface area contributed by atoms with Crippen molar-refractivity contribution in [2.24, 2.45) is 40.4 Å². The first-order chi connectivity index (χ1) is 9.95. The number of hydrogen-bond donors (Lipinski definition) is 0. The summed E-state index contributed by atoms with van der Waals surface area (Å²) in [6.45, 7) is 7.39. The molecule has 0 N–H and O–H groups in total. The average molecular weight is 288 g/mol. The molecule has 118 valence electrons. The Balaban J connectivity index is 1.64. The van der Waals surface area contributed by atoms with Crippen molar-refractivity contribution in [2.45, 2.75) is 78.6 Å². The van der Waals surface area contributed by atoms with E-state index in [9.17, 15) is 4.79 Å². The third-order valence-corrected chi connectivity index (χ3v) is 8.64. The van der Waals surface area contributed by atoms with Crippen LogP contribution in [0.3, 0.4) is 0 Å². The summed E-state index contributed by atoms with van der Waals surface area (Å²) in [5, 5.41) is 0. The molecule has 1 heteroatoms. The third-order valence-electron chi connectivity index (χ3n) is 8.64. The summed E-state index contributed by atoms with van der Waals surface area (Å²) in [5.41, 5.74) is 0.661. The van der Waals surface area contributed by atoms with Gasteiger partial charge in [-0.3, -0.25) is 4.79 Å². The van der Waals surface area contributed by atoms with Crippen LogP contribution >= 0.6 is 0 Å². The number of ketones is 1. The lowest BCUT2D eigenvalue weighted by Crippen LogP contribution is -2.53. The van der Waals surface area contributed by atoms with Crippen molar-refractivity contribution in [3.63, 3.8) is 0 Å². The minimum absolute atomic E-state index is 0.0618. The standard InChI is InChI=1S/C20H32O/c1-13-8-10-19(2)14(12-13)4-5-15-16-6-7-18(21)20(16,3)11-9-17(15)19/h13-17H,4-12H2,1-3H3/t13-,14+,15-,16-,17-,19-,20-/m0/s1. The van der Waals surface area contributed by atoms with Gasteiger partial charge in [0.15, 0.2) is 0 Å². The van der Waals surface area contributed by atoms with Crippen molar-refractivity contribution in [1.82, 2.24) is 0 Å². The summed E-state index contributed by atoms with van der Waals surface area (Å²) in [6, 6.07) is 0. The molecule has 4 aliphatic rings. The predicted octanol–water partition coefficient (Wildman–Crippen LogP) is 5.23. The molecule has 0 unspecified atom stereocenters. The lowest BCUT2D eigenvalue weighted by atomic mass is 9.45. The van der Waals surface area contributed by atoms with Crippen LogP contribution in [0.1, 0.15) is 78.6 Å². The molecule has 0 radical (unpaired) electrons. The molecule has 0 spiro atoms. The molecule has 0 amide bonds. The second-order valence-electron chi connectivity index (χ2n) is 9.45. The Morgan fingerprint density at radius 1 is 0.952 bits per heavy atom. The Labute approximate surface area is 130 Å². The molecule has 7 atom stereocenters. The third kappa shape index (κ3) is 1.85. The monoisotopic (exact) mass is 288 g/mol. The minimum atomic E-state index is 0.0618. The quantitative estimate of drug-likeness (QED) is 0.596. The van der Waals surface area contributed by atoms with Gasteiger partial charge in [0.25, 0.3) is 0 Å². The van der Waals surface area contributed by atoms with Crippen molar-refractivity contribution in [3.05, 3.63) is 0 Å². The van der Waals surface area contributed by atoms with Crippen LogP contribution in [0.15, 0.2) is 0 Å². The van der Waals surface area contributed by atoms with Crippen molar-refractivity contribution >= 4 is 5.78 Å². The van der Waals surface area contributed by atoms with Crippen LogP contribution in [0.4, 0.5) is 0 Å². The zero-order valence-electron chi connectivity index (χ0n) is 14.2. The van der Waals surface area contributed by atoms with Gasteiger partial charge in [0.1, 0.15) is 5.78 Å². The predicted molar refractivity (Wildman–Crippen MR) is 85.9 cm³/mol. The van der Waals surface area contributed by atoms with Crippen LogP contribution in [0.25, 0.3) is 0 Å². The van der Waals surface area contributed by atoms with Crippen LogP contribution < -0.4 is 0 Å². The molecule has 4 rings (SSSR count). The first-order valence-corrected chi connectivity index (χ1v) is 9.48. The van der Waals surface area contributed by atoms with Gasteiger partial charge in [0, 0.05) is 11.8 Å². The maximum Gasteiger partial charge on any atom is 0.139 e. The van der Waals surface area contributed by atoms with Gasteiger partial charge in [-0.15, -0.1) is 0 Å². The van der Waals surface area contributed by atoms with E-state index < -0.39 is 0 Å². The molecule has 0 aromatic carbocycles. The number of carbonyl (C=O) groups excluding carboxylic acids is 1. The first kappa shape index (κ1) is 14.3. The van der Waals surface area contributed by atoms with Gasteiger partial charge in [0.05, 0.1) is 0 Å². The van der Waals surface area contributed by atoms with Crippen LogP contribution in [-0.2, 0) is 4.79 Å². The fourth-order valence-corrected chi connectivity index (χ4v) is 7.24. The summed E-state index contributed by atoms with van der Waals surface area (Å²) in [6.07, 6.45) is 11.8. The highest BCUT2D eigenvalue weighted by molar-refractivity contribution is 5.87. The fraction of sp³-hybridized carbons (Fsp3) is 0.950. The van der Waals surface area contributed by atoms with E-state index in [2.05, 4.69) is 20.8 Å². The first-order valence-electron chi connectivity index (χ1n) is 9.48. The highest BCUT2D eigenvalue weighted by Gasteiger charge is 2.59. The van der Waals surface area contributed by atoms with Crippen molar-refractivity contribution in [2.75, 3.05) is 0 Å². The average Bonchev–Trinajstić information content (AvgIpc) is 2.76. The van der Waals surface area contributed by atoms with E-state index in [1.807, 2.05) is 0 Å². The van der Waals surface area contributed by atoms with E-state index in [4.69, 9.17) is 0 Å². The lowest BCUT2D eigenvalue weighted by Gasteiger charge is -2.60. The summed E-state index contributed by atoms with van der Waals surface area (Å²) >= 11 is 0. The van der Waals surface area contributed by atoms with Crippen LogP contribution in [0.5, 0.6) is 0 Å². The topological polar surface area (TPSA) is 17.1 Å². The van der Waals surface area contributed by atoms with Crippen molar-refractivity contribution < 1.29 is 4.79 Å². The Bertz CT molecular complexity index is 455. The van der Waals surface area contributed by atoms with E-state index in [0.29, 0.717) is 11.2 Å². The van der Waals surface area contributed by atoms with Gasteiger partial charge in [-0.1, -0.05) is 27.2 Å². The number of fused-ring (bicyclic) bond motifs is 5. The van der Waals surface area contributed by atoms with Gasteiger partial charge in [0.2, 0.25) is 0 Å². The number of Topliss-reactive ketones (excluding diaryl/α,β-unsaturated/α-hetero) is 1. The molecule has 0 aromatic rings. The van der Waals surface area contributed by atoms with Gasteiger partial charge in [-0.2, -0.15) is 0 Å². The molecule has 21 heavy (non-hydrogen) atoms. The number of hydrogen-bond acceptors (Lipinski definition) is 1. The van der Waals surface area contributed by atoms with E-state index in [-0.39, 0.29) is 5.41 Å². The van der Waals surface area contributed by atoms with Crippen LogP contribution in [0.2, 0.25) is 0 Å². The lowest BCUT2D eigenvalue weighted by molar-refractivity contribution is -0.139. The highest BCUT2D eigenvalue weighted by Crippen LogP contribution is 2.65. The van der Waals surface area contributed by atoms with E-state index in [1.165, 1.54) is 51.4 Å². The van der Waals surface area contributed by atoms with E-state index >= 15 is 0 Å². The smallest absolute Gasteiger partial charge is 0.139 e. The molecular weight excluding hydrogens is 256 g/mol. The SMILES string of the molecule is C[C@H]1CC[C@@]2(C)[C@H](CC[C@@H]3[C@@H]2CC[C@]2(C)C(=O)CC[C@@H]32)C1. The molecule has 0 aliphatic heterocycles. The van der Waals surface area contributed by atoms with Crippen molar-refractivity contribution in [3.8, 4) is 0 Å². The van der Waals surface area contributed by atoms with E-state index in [1.54, 1.807) is 0 Å². The Kier molecular flexibility index (Phi) is 3.12. The zero-order valence-corrected chi connectivity index (χ0v) is 14.2. The maximum atomic E-state index is 12.4. The summed E-state index contributed by atoms with van der Waals surface area (Å²) < 4.78 is 0. The second kappa shape index (κ2) is 4.59. The summed E-state index contributed by atoms with van der Waals surface area (Å²) in [4.78, 5) is 12.4. The Hall–Kier alpha value is -0.330. The summed E-state index contributed by atoms with van der Waals surface area (Å²) in [7, 11) is 0. The number of rotatable bonds is 0. The van der Waals surface area contributed by atoms with Gasteiger partial charge in [-0.25, -0.2) is 0 Å². The molecule has 0 bridgehead atoms. The van der Waals surface area contributed by atoms with Gasteiger partial charge in [-0.05, 0) is 80.0 Å². The number of carbonyl (C=O) groups is 1. The molecular formula is C20H32O. The second-order valence-corrected chi connectivity index (χ2v) is 9.45. The molecule has 0 aromatic heterocycles. The van der Waals surface area contributed by atoms with Crippen LogP contribution in [-0.4, -0.2) is 5.78 Å². The Morgan fingerprint density at radius 3 is 2.57 bits per heavy atom. The molecule has 1 nitrogen and oxygen atoms in total. The van der Waals surface area contributed by atoms with E-state index in [0.717, 1.165) is 36.0 Å². The van der Waals surface area contributed by atoms with Crippen molar-refractivity contribution in [1.29, 1.82) is 0 Å². The molecule has 4 fully saturated rings. The highest BCUT2D eigenvalue weighted by atomic mass is 16.1. The largest absolute Gasteiger partial charge is 0.299 e. The molecule has 4 aliphatic carbocycles. The van der Waals surface area contributed by atoms with Gasteiger partial charge >= 0.3 is 0 Å².